The number of aryl methyl sites for hydroxylation is 2. The van der Waals surface area contributed by atoms with Crippen LogP contribution in [0.1, 0.15) is 23.2 Å². The molecule has 1 aliphatic rings. The summed E-state index contributed by atoms with van der Waals surface area (Å²) in [4.78, 5) is 25.8. The summed E-state index contributed by atoms with van der Waals surface area (Å²) in [6.45, 7) is 2.75. The molecule has 1 aromatic heterocycles. The maximum absolute atomic E-state index is 13.0. The van der Waals surface area contributed by atoms with Crippen LogP contribution in [0.5, 0.6) is 17.2 Å². The van der Waals surface area contributed by atoms with Crippen molar-refractivity contribution in [2.75, 3.05) is 34.4 Å². The second-order valence-electron chi connectivity index (χ2n) is 7.29. The molecule has 1 saturated heterocycles. The van der Waals surface area contributed by atoms with Gasteiger partial charge in [-0.25, -0.2) is 5.01 Å². The van der Waals surface area contributed by atoms with E-state index >= 15 is 0 Å². The van der Waals surface area contributed by atoms with Crippen LogP contribution >= 0.6 is 11.6 Å². The van der Waals surface area contributed by atoms with Crippen molar-refractivity contribution in [1.29, 1.82) is 0 Å². The van der Waals surface area contributed by atoms with Gasteiger partial charge >= 0.3 is 0 Å². The molecule has 0 N–H and O–H groups in total. The van der Waals surface area contributed by atoms with Gasteiger partial charge in [-0.2, -0.15) is 5.10 Å². The van der Waals surface area contributed by atoms with E-state index in [0.717, 1.165) is 5.69 Å². The second-order valence-corrected chi connectivity index (χ2v) is 7.65. The van der Waals surface area contributed by atoms with Gasteiger partial charge in [0.25, 0.3) is 5.91 Å². The number of hydrazine groups is 1. The largest absolute Gasteiger partial charge is 0.493 e. The van der Waals surface area contributed by atoms with Crippen LogP contribution in [-0.2, 0) is 23.1 Å². The molecule has 0 unspecified atom stereocenters. The lowest BCUT2D eigenvalue weighted by Crippen LogP contribution is -2.44. The van der Waals surface area contributed by atoms with Crippen LogP contribution in [0.15, 0.2) is 18.2 Å². The van der Waals surface area contributed by atoms with Crippen molar-refractivity contribution in [3.63, 3.8) is 0 Å². The van der Waals surface area contributed by atoms with Crippen molar-refractivity contribution in [3.8, 4) is 17.2 Å². The molecule has 1 aliphatic heterocycles. The molecular formula is C22H27ClN4O5. The number of benzene rings is 1. The minimum Gasteiger partial charge on any atom is -0.493 e. The molecule has 0 radical (unpaired) electrons. The Morgan fingerprint density at radius 3 is 2.25 bits per heavy atom. The first kappa shape index (κ1) is 23.5. The van der Waals surface area contributed by atoms with Gasteiger partial charge in [-0.05, 0) is 37.1 Å². The highest BCUT2D eigenvalue weighted by Gasteiger charge is 2.30. The molecular weight excluding hydrogens is 436 g/mol. The fourth-order valence-corrected chi connectivity index (χ4v) is 3.92. The highest BCUT2D eigenvalue weighted by Crippen LogP contribution is 2.38. The Balaban J connectivity index is 1.75. The summed E-state index contributed by atoms with van der Waals surface area (Å²) in [6, 6.07) is 3.46. The van der Waals surface area contributed by atoms with Gasteiger partial charge in [0, 0.05) is 31.8 Å². The third-order valence-electron chi connectivity index (χ3n) is 5.24. The molecule has 0 spiro atoms. The summed E-state index contributed by atoms with van der Waals surface area (Å²) < 4.78 is 17.6. The van der Waals surface area contributed by atoms with E-state index in [1.807, 2.05) is 6.92 Å². The summed E-state index contributed by atoms with van der Waals surface area (Å²) in [6.07, 6.45) is 3.83. The van der Waals surface area contributed by atoms with Gasteiger partial charge in [0.15, 0.2) is 11.5 Å². The maximum atomic E-state index is 13.0. The smallest absolute Gasteiger partial charge is 0.265 e. The Hall–Kier alpha value is -3.20. The number of rotatable bonds is 7. The van der Waals surface area contributed by atoms with Crippen LogP contribution in [0.2, 0.25) is 5.15 Å². The predicted octanol–water partition coefficient (Wildman–Crippen LogP) is 2.64. The molecule has 2 heterocycles. The molecule has 9 nitrogen and oxygen atoms in total. The Morgan fingerprint density at radius 1 is 1.09 bits per heavy atom. The average Bonchev–Trinajstić information content (AvgIpc) is 3.36. The molecule has 1 aromatic carbocycles. The third-order valence-corrected chi connectivity index (χ3v) is 5.69. The first-order valence-corrected chi connectivity index (χ1v) is 10.5. The first-order valence-electron chi connectivity index (χ1n) is 10.1. The monoisotopic (exact) mass is 462 g/mol. The lowest BCUT2D eigenvalue weighted by Gasteiger charge is -2.27. The molecule has 1 fully saturated rings. The molecule has 2 aromatic rings. The van der Waals surface area contributed by atoms with E-state index in [1.165, 1.54) is 37.4 Å². The van der Waals surface area contributed by atoms with Crippen molar-refractivity contribution < 1.29 is 23.8 Å². The van der Waals surface area contributed by atoms with E-state index in [1.54, 1.807) is 29.9 Å². The Bertz CT molecular complexity index is 1020. The summed E-state index contributed by atoms with van der Waals surface area (Å²) in [7, 11) is 6.30. The summed E-state index contributed by atoms with van der Waals surface area (Å²) >= 11 is 6.23. The van der Waals surface area contributed by atoms with Gasteiger partial charge < -0.3 is 14.2 Å². The number of carbonyl (C=O) groups is 2. The molecule has 172 valence electrons. The summed E-state index contributed by atoms with van der Waals surface area (Å²) in [5.74, 6) is 0.902. The van der Waals surface area contributed by atoms with Crippen molar-refractivity contribution in [2.45, 2.75) is 19.8 Å². The normalized spacial score (nSPS) is 13.7. The van der Waals surface area contributed by atoms with Crippen LogP contribution in [0.4, 0.5) is 0 Å². The number of methoxy groups -OCH3 is 3. The number of nitrogens with zero attached hydrogens (tertiary/aromatic N) is 4. The minimum atomic E-state index is -0.292. The van der Waals surface area contributed by atoms with Gasteiger partial charge in [-0.3, -0.25) is 19.3 Å². The lowest BCUT2D eigenvalue weighted by molar-refractivity contribution is -0.154. The highest BCUT2D eigenvalue weighted by molar-refractivity contribution is 6.31. The number of ether oxygens (including phenoxy) is 3. The van der Waals surface area contributed by atoms with Gasteiger partial charge in [0.05, 0.1) is 33.4 Å². The van der Waals surface area contributed by atoms with Crippen LogP contribution in [0, 0.1) is 6.92 Å². The molecule has 3 rings (SSSR count). The number of carbonyl (C=O) groups excluding carboxylic acids is 2. The van der Waals surface area contributed by atoms with Crippen LogP contribution in [0.3, 0.4) is 0 Å². The standard InChI is InChI=1S/C22H27ClN4O5/c1-14-16(22(23)25(2)24-14)7-8-19(28)26-9-6-10-27(26)20(29)13-15-11-17(30-3)21(32-5)18(12-15)31-4/h7-8,11-12H,6,9-10,13H2,1-5H3. The Kier molecular flexibility index (Phi) is 7.29. The van der Waals surface area contributed by atoms with E-state index in [4.69, 9.17) is 25.8 Å². The molecule has 0 bridgehead atoms. The number of hydrogen-bond donors (Lipinski definition) is 0. The van der Waals surface area contributed by atoms with E-state index in [-0.39, 0.29) is 18.2 Å². The molecule has 0 atom stereocenters. The van der Waals surface area contributed by atoms with Crippen molar-refractivity contribution in [3.05, 3.63) is 40.2 Å². The number of halogens is 1. The average molecular weight is 463 g/mol. The minimum absolute atomic E-state index is 0.0811. The molecule has 0 aliphatic carbocycles. The van der Waals surface area contributed by atoms with Crippen LogP contribution in [0.25, 0.3) is 6.08 Å². The predicted molar refractivity (Wildman–Crippen MR) is 120 cm³/mol. The van der Waals surface area contributed by atoms with Crippen molar-refractivity contribution in [2.24, 2.45) is 7.05 Å². The van der Waals surface area contributed by atoms with E-state index < -0.39 is 0 Å². The Labute approximate surface area is 192 Å². The highest BCUT2D eigenvalue weighted by atomic mass is 35.5. The summed E-state index contributed by atoms with van der Waals surface area (Å²) in [5.41, 5.74) is 2.09. The SMILES string of the molecule is COc1cc(CC(=O)N2CCCN2C(=O)C=Cc2c(C)nn(C)c2Cl)cc(OC)c1OC. The third kappa shape index (κ3) is 4.67. The van der Waals surface area contributed by atoms with Crippen LogP contribution in [-0.4, -0.2) is 66.0 Å². The van der Waals surface area contributed by atoms with Crippen molar-refractivity contribution >= 4 is 29.5 Å². The zero-order valence-corrected chi connectivity index (χ0v) is 19.6. The van der Waals surface area contributed by atoms with E-state index in [0.29, 0.717) is 53.0 Å². The summed E-state index contributed by atoms with van der Waals surface area (Å²) in [5, 5.41) is 7.61. The second kappa shape index (κ2) is 9.95. The fraction of sp³-hybridized carbons (Fsp3) is 0.409. The van der Waals surface area contributed by atoms with Crippen LogP contribution < -0.4 is 14.2 Å². The molecule has 2 amide bonds. The van der Waals surface area contributed by atoms with Gasteiger partial charge in [-0.15, -0.1) is 0 Å². The zero-order valence-electron chi connectivity index (χ0n) is 18.8. The number of hydrogen-bond acceptors (Lipinski definition) is 6. The fourth-order valence-electron chi connectivity index (χ4n) is 3.68. The number of aromatic nitrogens is 2. The lowest BCUT2D eigenvalue weighted by atomic mass is 10.1. The van der Waals surface area contributed by atoms with Crippen molar-refractivity contribution in [1.82, 2.24) is 19.8 Å². The quantitative estimate of drug-likeness (QED) is 0.588. The maximum Gasteiger partial charge on any atom is 0.265 e. The molecule has 32 heavy (non-hydrogen) atoms. The Morgan fingerprint density at radius 2 is 1.72 bits per heavy atom. The van der Waals surface area contributed by atoms with Gasteiger partial charge in [-0.1, -0.05) is 11.6 Å². The zero-order chi connectivity index (χ0) is 23.4. The molecule has 0 saturated carbocycles. The van der Waals surface area contributed by atoms with E-state index in [2.05, 4.69) is 5.10 Å². The van der Waals surface area contributed by atoms with Gasteiger partial charge in [0.2, 0.25) is 11.7 Å². The molecule has 10 heteroatoms. The van der Waals surface area contributed by atoms with Gasteiger partial charge in [0.1, 0.15) is 5.15 Å². The number of amides is 2. The first-order chi connectivity index (χ1) is 15.3. The topological polar surface area (TPSA) is 86.1 Å². The van der Waals surface area contributed by atoms with E-state index in [9.17, 15) is 9.59 Å².